The molecule has 0 radical (unpaired) electrons. The van der Waals surface area contributed by atoms with Gasteiger partial charge in [0.2, 0.25) is 0 Å². The lowest BCUT2D eigenvalue weighted by molar-refractivity contribution is -0.127. The standard InChI is InChI=1S/C16H21NO2S.C3H8O2/c1-17(14-8-7-12(9-14)11-20-2)16(19)15-6-4-3-5-13(15)10-18;1-3(2,4)5/h3-6,10,12,14H,7-9,11H2,1-2H3;4-5H,1-2H3. The van der Waals surface area contributed by atoms with Gasteiger partial charge in [-0.1, -0.05) is 18.2 Å². The van der Waals surface area contributed by atoms with Crippen molar-refractivity contribution in [2.45, 2.75) is 44.9 Å². The zero-order valence-electron chi connectivity index (χ0n) is 15.4. The van der Waals surface area contributed by atoms with E-state index in [2.05, 4.69) is 6.26 Å². The van der Waals surface area contributed by atoms with Crippen molar-refractivity contribution in [2.75, 3.05) is 19.1 Å². The maximum absolute atomic E-state index is 12.5. The normalized spacial score (nSPS) is 19.8. The van der Waals surface area contributed by atoms with Gasteiger partial charge in [0.05, 0.1) is 5.56 Å². The van der Waals surface area contributed by atoms with Crippen molar-refractivity contribution in [1.82, 2.24) is 4.90 Å². The molecule has 5 nitrogen and oxygen atoms in total. The van der Waals surface area contributed by atoms with Crippen LogP contribution in [0, 0.1) is 5.92 Å². The Labute approximate surface area is 154 Å². The summed E-state index contributed by atoms with van der Waals surface area (Å²) in [6, 6.07) is 7.32. The predicted octanol–water partition coefficient (Wildman–Crippen LogP) is 2.81. The fraction of sp³-hybridized carbons (Fsp3) is 0.579. The van der Waals surface area contributed by atoms with Gasteiger partial charge < -0.3 is 15.1 Å². The second-order valence-electron chi connectivity index (χ2n) is 6.90. The van der Waals surface area contributed by atoms with Gasteiger partial charge in [-0.05, 0) is 57.1 Å². The number of aldehydes is 1. The average Bonchev–Trinajstić information content (AvgIpc) is 3.01. The van der Waals surface area contributed by atoms with E-state index >= 15 is 0 Å². The number of amides is 1. The molecule has 1 amide bonds. The molecule has 2 atom stereocenters. The van der Waals surface area contributed by atoms with Gasteiger partial charge in [0.1, 0.15) is 0 Å². The Morgan fingerprint density at radius 2 is 1.92 bits per heavy atom. The van der Waals surface area contributed by atoms with Gasteiger partial charge in [-0.25, -0.2) is 0 Å². The number of hydrogen-bond donors (Lipinski definition) is 2. The van der Waals surface area contributed by atoms with Crippen LogP contribution in [0.3, 0.4) is 0 Å². The number of carbonyl (C=O) groups excluding carboxylic acids is 2. The highest BCUT2D eigenvalue weighted by Crippen LogP contribution is 2.31. The van der Waals surface area contributed by atoms with E-state index < -0.39 is 5.79 Å². The molecule has 2 unspecified atom stereocenters. The Balaban J connectivity index is 0.000000550. The highest BCUT2D eigenvalue weighted by molar-refractivity contribution is 7.98. The van der Waals surface area contributed by atoms with Crippen LogP contribution in [-0.4, -0.2) is 58.2 Å². The number of rotatable bonds is 5. The summed E-state index contributed by atoms with van der Waals surface area (Å²) in [5.74, 6) is 0.345. The lowest BCUT2D eigenvalue weighted by atomic mass is 10.1. The molecule has 1 fully saturated rings. The summed E-state index contributed by atoms with van der Waals surface area (Å²) < 4.78 is 0. The third-order valence-electron chi connectivity index (χ3n) is 4.10. The van der Waals surface area contributed by atoms with E-state index in [0.717, 1.165) is 19.1 Å². The van der Waals surface area contributed by atoms with Crippen LogP contribution in [0.5, 0.6) is 0 Å². The lowest BCUT2D eigenvalue weighted by Crippen LogP contribution is -2.36. The van der Waals surface area contributed by atoms with Gasteiger partial charge in [0, 0.05) is 18.7 Å². The smallest absolute Gasteiger partial charge is 0.254 e. The molecule has 0 aliphatic heterocycles. The minimum Gasteiger partial charge on any atom is -0.366 e. The fourth-order valence-corrected chi connectivity index (χ4v) is 3.71. The maximum Gasteiger partial charge on any atom is 0.254 e. The van der Waals surface area contributed by atoms with Crippen LogP contribution in [0.1, 0.15) is 53.8 Å². The highest BCUT2D eigenvalue weighted by atomic mass is 32.2. The molecule has 140 valence electrons. The fourth-order valence-electron chi connectivity index (χ4n) is 2.94. The van der Waals surface area contributed by atoms with Gasteiger partial charge in [-0.15, -0.1) is 0 Å². The monoisotopic (exact) mass is 367 g/mol. The summed E-state index contributed by atoms with van der Waals surface area (Å²) in [6.45, 7) is 2.60. The third kappa shape index (κ3) is 7.59. The SMILES string of the molecule is CC(C)(O)O.CSCC1CCC(N(C)C(=O)c2ccccc2C=O)C1. The molecule has 1 aliphatic carbocycles. The Morgan fingerprint density at radius 1 is 1.32 bits per heavy atom. The number of thioether (sulfide) groups is 1. The summed E-state index contributed by atoms with van der Waals surface area (Å²) in [7, 11) is 1.86. The van der Waals surface area contributed by atoms with E-state index in [4.69, 9.17) is 10.2 Å². The van der Waals surface area contributed by atoms with Crippen molar-refractivity contribution in [1.29, 1.82) is 0 Å². The highest BCUT2D eigenvalue weighted by Gasteiger charge is 2.30. The first-order valence-electron chi connectivity index (χ1n) is 8.42. The van der Waals surface area contributed by atoms with E-state index in [9.17, 15) is 9.59 Å². The maximum atomic E-state index is 12.5. The van der Waals surface area contributed by atoms with Crippen molar-refractivity contribution >= 4 is 24.0 Å². The van der Waals surface area contributed by atoms with E-state index in [1.807, 2.05) is 23.7 Å². The van der Waals surface area contributed by atoms with Crippen LogP contribution in [0.15, 0.2) is 24.3 Å². The minimum absolute atomic E-state index is 0.0394. The zero-order chi connectivity index (χ0) is 19.0. The Kier molecular flexibility index (Phi) is 8.62. The number of nitrogens with zero attached hydrogens (tertiary/aromatic N) is 1. The molecule has 6 heteroatoms. The third-order valence-corrected chi connectivity index (χ3v) is 4.91. The van der Waals surface area contributed by atoms with Crippen LogP contribution in [0.2, 0.25) is 0 Å². The molecule has 1 aromatic rings. The van der Waals surface area contributed by atoms with Crippen molar-refractivity contribution in [3.63, 3.8) is 0 Å². The number of aliphatic hydroxyl groups is 2. The first-order chi connectivity index (χ1) is 11.7. The first-order valence-corrected chi connectivity index (χ1v) is 9.81. The van der Waals surface area contributed by atoms with E-state index in [-0.39, 0.29) is 5.91 Å². The summed E-state index contributed by atoms with van der Waals surface area (Å²) in [5.41, 5.74) is 0.987. The average molecular weight is 368 g/mol. The van der Waals surface area contributed by atoms with Crippen LogP contribution >= 0.6 is 11.8 Å². The summed E-state index contributed by atoms with van der Waals surface area (Å²) >= 11 is 1.87. The topological polar surface area (TPSA) is 77.8 Å². The molecule has 0 spiro atoms. The van der Waals surface area contributed by atoms with E-state index in [0.29, 0.717) is 23.1 Å². The molecule has 1 aromatic carbocycles. The number of hydrogen-bond acceptors (Lipinski definition) is 5. The molecule has 1 aliphatic rings. The summed E-state index contributed by atoms with van der Waals surface area (Å²) in [4.78, 5) is 25.4. The second kappa shape index (κ2) is 9.94. The molecule has 2 rings (SSSR count). The van der Waals surface area contributed by atoms with Gasteiger partial charge in [0.15, 0.2) is 12.1 Å². The van der Waals surface area contributed by atoms with Crippen LogP contribution in [0.4, 0.5) is 0 Å². The Hall–Kier alpha value is -1.37. The van der Waals surface area contributed by atoms with Crippen LogP contribution in [-0.2, 0) is 0 Å². The molecule has 0 aromatic heterocycles. The van der Waals surface area contributed by atoms with Crippen molar-refractivity contribution in [2.24, 2.45) is 5.92 Å². The molecule has 0 bridgehead atoms. The van der Waals surface area contributed by atoms with Crippen molar-refractivity contribution < 1.29 is 19.8 Å². The molecule has 1 saturated carbocycles. The molecule has 0 saturated heterocycles. The molecular weight excluding hydrogens is 338 g/mol. The van der Waals surface area contributed by atoms with Crippen molar-refractivity contribution in [3.05, 3.63) is 35.4 Å². The first kappa shape index (κ1) is 21.7. The van der Waals surface area contributed by atoms with E-state index in [1.54, 1.807) is 24.3 Å². The molecule has 25 heavy (non-hydrogen) atoms. The molecular formula is C19H29NO4S. The minimum atomic E-state index is -1.50. The quantitative estimate of drug-likeness (QED) is 0.618. The van der Waals surface area contributed by atoms with Gasteiger partial charge >= 0.3 is 0 Å². The van der Waals surface area contributed by atoms with E-state index in [1.165, 1.54) is 26.0 Å². The van der Waals surface area contributed by atoms with Gasteiger partial charge in [0.25, 0.3) is 5.91 Å². The zero-order valence-corrected chi connectivity index (χ0v) is 16.3. The van der Waals surface area contributed by atoms with Gasteiger partial charge in [-0.2, -0.15) is 11.8 Å². The number of benzene rings is 1. The van der Waals surface area contributed by atoms with Gasteiger partial charge in [-0.3, -0.25) is 9.59 Å². The molecule has 0 heterocycles. The Morgan fingerprint density at radius 3 is 2.48 bits per heavy atom. The van der Waals surface area contributed by atoms with Crippen LogP contribution < -0.4 is 0 Å². The largest absolute Gasteiger partial charge is 0.366 e. The second-order valence-corrected chi connectivity index (χ2v) is 7.81. The Bertz CT molecular complexity index is 565. The predicted molar refractivity (Wildman–Crippen MR) is 102 cm³/mol. The number of carbonyl (C=O) groups is 2. The molecule has 2 N–H and O–H groups in total. The summed E-state index contributed by atoms with van der Waals surface area (Å²) in [6.07, 6.45) is 6.22. The van der Waals surface area contributed by atoms with Crippen LogP contribution in [0.25, 0.3) is 0 Å². The summed E-state index contributed by atoms with van der Waals surface area (Å²) in [5, 5.41) is 16.2. The lowest BCUT2D eigenvalue weighted by Gasteiger charge is -2.25. The van der Waals surface area contributed by atoms with Crippen molar-refractivity contribution in [3.8, 4) is 0 Å².